The molecule has 1 nitrogen and oxygen atoms in total. The van der Waals surface area contributed by atoms with Crippen LogP contribution in [0.1, 0.15) is 55.7 Å². The smallest absolute Gasteiger partial charge is 0.0210 e. The Labute approximate surface area is 112 Å². The highest BCUT2D eigenvalue weighted by Gasteiger charge is 2.20. The van der Waals surface area contributed by atoms with Gasteiger partial charge in [0.15, 0.2) is 0 Å². The van der Waals surface area contributed by atoms with E-state index in [0.717, 1.165) is 18.5 Å². The first-order valence-corrected chi connectivity index (χ1v) is 7.48. The third-order valence-corrected chi connectivity index (χ3v) is 4.45. The Hall–Kier alpha value is -0.820. The molecule has 0 heterocycles. The van der Waals surface area contributed by atoms with Crippen molar-refractivity contribution in [1.82, 2.24) is 5.32 Å². The van der Waals surface area contributed by atoms with Gasteiger partial charge in [0.05, 0.1) is 0 Å². The first kappa shape index (κ1) is 13.6. The minimum atomic E-state index is 0.739. The molecular formula is C17H27N. The monoisotopic (exact) mass is 245 g/mol. The molecule has 2 atom stereocenters. The van der Waals surface area contributed by atoms with Gasteiger partial charge in [-0.3, -0.25) is 0 Å². The van der Waals surface area contributed by atoms with Crippen LogP contribution in [0.2, 0.25) is 0 Å². The van der Waals surface area contributed by atoms with Crippen LogP contribution in [-0.2, 0) is 6.54 Å². The van der Waals surface area contributed by atoms with Crippen LogP contribution in [0.25, 0.3) is 0 Å². The first-order valence-electron chi connectivity index (χ1n) is 7.48. The molecular weight excluding hydrogens is 218 g/mol. The van der Waals surface area contributed by atoms with Gasteiger partial charge in [-0.25, -0.2) is 0 Å². The van der Waals surface area contributed by atoms with Crippen molar-refractivity contribution >= 4 is 0 Å². The summed E-state index contributed by atoms with van der Waals surface area (Å²) in [5.41, 5.74) is 4.25. The quantitative estimate of drug-likeness (QED) is 0.831. The highest BCUT2D eigenvalue weighted by molar-refractivity contribution is 5.30. The van der Waals surface area contributed by atoms with Crippen molar-refractivity contribution in [3.05, 3.63) is 34.9 Å². The fourth-order valence-electron chi connectivity index (χ4n) is 3.09. The molecule has 1 saturated carbocycles. The van der Waals surface area contributed by atoms with Crippen LogP contribution in [0, 0.1) is 19.8 Å². The molecule has 2 unspecified atom stereocenters. The summed E-state index contributed by atoms with van der Waals surface area (Å²) in [5.74, 6) is 0.954. The molecule has 0 saturated heterocycles. The normalized spacial score (nSPS) is 24.2. The van der Waals surface area contributed by atoms with Crippen molar-refractivity contribution in [3.8, 4) is 0 Å². The fourth-order valence-corrected chi connectivity index (χ4v) is 3.09. The molecule has 1 N–H and O–H groups in total. The summed E-state index contributed by atoms with van der Waals surface area (Å²) in [6.07, 6.45) is 6.94. The first-order chi connectivity index (χ1) is 8.69. The van der Waals surface area contributed by atoms with Crippen molar-refractivity contribution in [3.63, 3.8) is 0 Å². The number of hydrogen-bond acceptors (Lipinski definition) is 1. The van der Waals surface area contributed by atoms with E-state index in [0.29, 0.717) is 0 Å². The van der Waals surface area contributed by atoms with Crippen molar-refractivity contribution in [1.29, 1.82) is 0 Å². The average molecular weight is 245 g/mol. The maximum absolute atomic E-state index is 3.77. The van der Waals surface area contributed by atoms with Crippen molar-refractivity contribution in [2.24, 2.45) is 5.92 Å². The van der Waals surface area contributed by atoms with E-state index < -0.39 is 0 Å². The molecule has 1 aromatic rings. The molecule has 18 heavy (non-hydrogen) atoms. The zero-order chi connectivity index (χ0) is 13.0. The second kappa shape index (κ2) is 6.38. The Balaban J connectivity index is 1.89. The van der Waals surface area contributed by atoms with E-state index in [1.165, 1.54) is 48.8 Å². The van der Waals surface area contributed by atoms with Crippen molar-refractivity contribution < 1.29 is 0 Å². The van der Waals surface area contributed by atoms with Gasteiger partial charge in [-0.2, -0.15) is 0 Å². The second-order valence-electron chi connectivity index (χ2n) is 5.95. The van der Waals surface area contributed by atoms with Crippen LogP contribution in [0.3, 0.4) is 0 Å². The Bertz CT molecular complexity index is 383. The molecule has 1 aromatic carbocycles. The van der Waals surface area contributed by atoms with E-state index in [2.05, 4.69) is 44.3 Å². The maximum Gasteiger partial charge on any atom is 0.0210 e. The molecule has 0 bridgehead atoms. The Kier molecular flexibility index (Phi) is 4.82. The molecule has 0 aliphatic heterocycles. The zero-order valence-corrected chi connectivity index (χ0v) is 12.1. The SMILES string of the molecule is CCC1CCCC(NCc2cc(C)ccc2C)C1. The largest absolute Gasteiger partial charge is 0.310 e. The lowest BCUT2D eigenvalue weighted by Gasteiger charge is -2.29. The minimum Gasteiger partial charge on any atom is -0.310 e. The highest BCUT2D eigenvalue weighted by Crippen LogP contribution is 2.26. The van der Waals surface area contributed by atoms with Gasteiger partial charge >= 0.3 is 0 Å². The predicted molar refractivity (Wildman–Crippen MR) is 78.8 cm³/mol. The van der Waals surface area contributed by atoms with Crippen molar-refractivity contribution in [2.75, 3.05) is 0 Å². The van der Waals surface area contributed by atoms with Gasteiger partial charge in [0.25, 0.3) is 0 Å². The van der Waals surface area contributed by atoms with Gasteiger partial charge < -0.3 is 5.32 Å². The van der Waals surface area contributed by atoms with Gasteiger partial charge in [0, 0.05) is 12.6 Å². The van der Waals surface area contributed by atoms with Crippen LogP contribution < -0.4 is 5.32 Å². The number of nitrogens with one attached hydrogen (secondary N) is 1. The standard InChI is InChI=1S/C17H27N/c1-4-15-6-5-7-17(11-15)18-12-16-10-13(2)8-9-14(16)3/h8-10,15,17-18H,4-7,11-12H2,1-3H3. The lowest BCUT2D eigenvalue weighted by atomic mass is 9.84. The fraction of sp³-hybridized carbons (Fsp3) is 0.647. The molecule has 2 rings (SSSR count). The van der Waals surface area contributed by atoms with Gasteiger partial charge in [-0.15, -0.1) is 0 Å². The maximum atomic E-state index is 3.77. The minimum absolute atomic E-state index is 0.739. The summed E-state index contributed by atoms with van der Waals surface area (Å²) in [6, 6.07) is 7.50. The summed E-state index contributed by atoms with van der Waals surface area (Å²) < 4.78 is 0. The summed E-state index contributed by atoms with van der Waals surface area (Å²) >= 11 is 0. The molecule has 1 heteroatoms. The lowest BCUT2D eigenvalue weighted by molar-refractivity contribution is 0.278. The summed E-state index contributed by atoms with van der Waals surface area (Å²) in [4.78, 5) is 0. The topological polar surface area (TPSA) is 12.0 Å². The van der Waals surface area contributed by atoms with E-state index in [-0.39, 0.29) is 0 Å². The predicted octanol–water partition coefficient (Wildman–Crippen LogP) is 4.36. The van der Waals surface area contributed by atoms with E-state index in [4.69, 9.17) is 0 Å². The molecule has 1 aliphatic carbocycles. The second-order valence-corrected chi connectivity index (χ2v) is 5.95. The van der Waals surface area contributed by atoms with Crippen LogP contribution in [0.4, 0.5) is 0 Å². The van der Waals surface area contributed by atoms with Crippen LogP contribution >= 0.6 is 0 Å². The van der Waals surface area contributed by atoms with E-state index in [9.17, 15) is 0 Å². The Morgan fingerprint density at radius 3 is 2.83 bits per heavy atom. The third kappa shape index (κ3) is 3.58. The van der Waals surface area contributed by atoms with E-state index in [1.807, 2.05) is 0 Å². The Morgan fingerprint density at radius 1 is 1.22 bits per heavy atom. The number of rotatable bonds is 4. The number of benzene rings is 1. The zero-order valence-electron chi connectivity index (χ0n) is 12.1. The lowest BCUT2D eigenvalue weighted by Crippen LogP contribution is -2.33. The number of aryl methyl sites for hydroxylation is 2. The molecule has 1 aliphatic rings. The van der Waals surface area contributed by atoms with Gasteiger partial charge in [0.1, 0.15) is 0 Å². The molecule has 0 aromatic heterocycles. The van der Waals surface area contributed by atoms with Crippen LogP contribution in [-0.4, -0.2) is 6.04 Å². The molecule has 0 radical (unpaired) electrons. The van der Waals surface area contributed by atoms with Gasteiger partial charge in [0.2, 0.25) is 0 Å². The van der Waals surface area contributed by atoms with Crippen LogP contribution in [0.15, 0.2) is 18.2 Å². The Morgan fingerprint density at radius 2 is 2.06 bits per heavy atom. The molecule has 0 spiro atoms. The van der Waals surface area contributed by atoms with Gasteiger partial charge in [-0.1, -0.05) is 49.9 Å². The number of hydrogen-bond donors (Lipinski definition) is 1. The van der Waals surface area contributed by atoms with Gasteiger partial charge in [-0.05, 0) is 43.7 Å². The molecule has 100 valence electrons. The summed E-state index contributed by atoms with van der Waals surface area (Å²) in [6.45, 7) is 7.76. The summed E-state index contributed by atoms with van der Waals surface area (Å²) in [5, 5.41) is 3.77. The van der Waals surface area contributed by atoms with Crippen LogP contribution in [0.5, 0.6) is 0 Å². The molecule has 0 amide bonds. The van der Waals surface area contributed by atoms with E-state index >= 15 is 0 Å². The summed E-state index contributed by atoms with van der Waals surface area (Å²) in [7, 11) is 0. The third-order valence-electron chi connectivity index (χ3n) is 4.45. The van der Waals surface area contributed by atoms with E-state index in [1.54, 1.807) is 0 Å². The van der Waals surface area contributed by atoms with Crippen molar-refractivity contribution in [2.45, 2.75) is 65.5 Å². The highest BCUT2D eigenvalue weighted by atomic mass is 14.9. The average Bonchev–Trinajstić information content (AvgIpc) is 2.40. The molecule has 1 fully saturated rings.